The molecule has 0 spiro atoms. The maximum atomic E-state index is 13.1. The molecule has 1 aromatic carbocycles. The van der Waals surface area contributed by atoms with E-state index < -0.39 is 29.7 Å². The third kappa shape index (κ3) is 4.59. The maximum Gasteiger partial charge on any atom is 0.522 e. The number of halogens is 4. The second-order valence-electron chi connectivity index (χ2n) is 10.2. The van der Waals surface area contributed by atoms with Crippen molar-refractivity contribution in [3.63, 3.8) is 0 Å². The Morgan fingerprint density at radius 2 is 1.92 bits per heavy atom. The minimum Gasteiger partial charge on any atom is -0.479 e. The van der Waals surface area contributed by atoms with E-state index in [2.05, 4.69) is 20.3 Å². The van der Waals surface area contributed by atoms with E-state index in [1.807, 2.05) is 0 Å². The van der Waals surface area contributed by atoms with Gasteiger partial charge in [-0.15, -0.1) is 23.4 Å². The first-order valence-corrected chi connectivity index (χ1v) is 12.4. The quantitative estimate of drug-likeness (QED) is 0.599. The molecular formula is C24H23ClF3N3O6. The summed E-state index contributed by atoms with van der Waals surface area (Å²) in [5, 5.41) is 11.7. The maximum absolute atomic E-state index is 13.1. The van der Waals surface area contributed by atoms with Crippen molar-refractivity contribution < 1.29 is 41.4 Å². The van der Waals surface area contributed by atoms with E-state index >= 15 is 0 Å². The van der Waals surface area contributed by atoms with Crippen LogP contribution in [0, 0.1) is 0 Å². The number of nitrogens with one attached hydrogen (secondary N) is 1. The number of rotatable bonds is 5. The van der Waals surface area contributed by atoms with Crippen LogP contribution in [0.3, 0.4) is 0 Å². The molecule has 4 fully saturated rings. The molecule has 198 valence electrons. The van der Waals surface area contributed by atoms with E-state index in [1.165, 1.54) is 6.07 Å². The van der Waals surface area contributed by atoms with E-state index in [0.29, 0.717) is 47.9 Å². The first-order chi connectivity index (χ1) is 17.5. The number of nitrogens with zero attached hydrogens (tertiary/aromatic N) is 2. The van der Waals surface area contributed by atoms with Crippen molar-refractivity contribution in [1.29, 1.82) is 0 Å². The van der Waals surface area contributed by atoms with Gasteiger partial charge in [0.2, 0.25) is 11.8 Å². The summed E-state index contributed by atoms with van der Waals surface area (Å²) in [6.07, 6.45) is -4.06. The number of carbonyl (C=O) groups excluding carboxylic acids is 2. The van der Waals surface area contributed by atoms with Gasteiger partial charge in [-0.2, -0.15) is 0 Å². The van der Waals surface area contributed by atoms with Crippen molar-refractivity contribution in [3.8, 4) is 5.75 Å². The number of hydrogen-bond donors (Lipinski definition) is 1. The molecule has 2 bridgehead atoms. The fourth-order valence-corrected chi connectivity index (χ4v) is 5.73. The van der Waals surface area contributed by atoms with Crippen LogP contribution in [0.4, 0.5) is 13.2 Å². The summed E-state index contributed by atoms with van der Waals surface area (Å²) < 4.78 is 58.9. The van der Waals surface area contributed by atoms with Gasteiger partial charge in [0.05, 0.1) is 30.2 Å². The van der Waals surface area contributed by atoms with E-state index in [0.717, 1.165) is 0 Å². The van der Waals surface area contributed by atoms with Gasteiger partial charge in [-0.25, -0.2) is 0 Å². The molecule has 3 aliphatic heterocycles. The van der Waals surface area contributed by atoms with E-state index in [-0.39, 0.29) is 49.4 Å². The average Bonchev–Trinajstić information content (AvgIpc) is 3.32. The summed E-state index contributed by atoms with van der Waals surface area (Å²) in [4.78, 5) is 25.6. The number of ether oxygens (including phenoxy) is 3. The summed E-state index contributed by atoms with van der Waals surface area (Å²) in [5.41, 5.74) is -1.04. The monoisotopic (exact) mass is 541 g/mol. The van der Waals surface area contributed by atoms with Crippen LogP contribution in [0.25, 0.3) is 0 Å². The predicted octanol–water partition coefficient (Wildman–Crippen LogP) is 4.19. The van der Waals surface area contributed by atoms with Crippen molar-refractivity contribution >= 4 is 23.3 Å². The van der Waals surface area contributed by atoms with Gasteiger partial charge in [-0.05, 0) is 56.7 Å². The van der Waals surface area contributed by atoms with Gasteiger partial charge < -0.3 is 19.2 Å². The number of carbonyl (C=O) groups is 2. The molecule has 1 N–H and O–H groups in total. The number of aromatic nitrogens is 2. The van der Waals surface area contributed by atoms with Crippen molar-refractivity contribution in [2.75, 3.05) is 6.61 Å². The molecule has 37 heavy (non-hydrogen) atoms. The summed E-state index contributed by atoms with van der Waals surface area (Å²) >= 11 is 5.96. The third-order valence-electron chi connectivity index (χ3n) is 7.78. The van der Waals surface area contributed by atoms with Crippen molar-refractivity contribution in [2.24, 2.45) is 0 Å². The Morgan fingerprint density at radius 3 is 2.59 bits per heavy atom. The van der Waals surface area contributed by atoms with Crippen LogP contribution < -0.4 is 10.1 Å². The molecule has 2 saturated carbocycles. The predicted molar refractivity (Wildman–Crippen MR) is 119 cm³/mol. The van der Waals surface area contributed by atoms with Crippen LogP contribution in [0.5, 0.6) is 5.75 Å². The first-order valence-electron chi connectivity index (χ1n) is 12.1. The minimum atomic E-state index is -4.66. The lowest BCUT2D eigenvalue weighted by molar-refractivity contribution is -0.352. The zero-order valence-electron chi connectivity index (χ0n) is 19.5. The number of amides is 1. The normalized spacial score (nSPS) is 32.9. The molecule has 5 aliphatic rings. The number of ketones is 1. The number of fused-ring (bicyclic) bond motifs is 4. The zero-order chi connectivity index (χ0) is 26.0. The number of Topliss-reactive ketones (excluding diaryl/α,β-unsaturated/α-hetero) is 1. The lowest BCUT2D eigenvalue weighted by Crippen LogP contribution is -2.63. The molecule has 2 saturated heterocycles. The number of benzene rings is 1. The molecular weight excluding hydrogens is 519 g/mol. The molecule has 1 atom stereocenters. The second kappa shape index (κ2) is 8.67. The SMILES string of the molecule is O=C1CC(C(=O)NC23CCC(c4nnc([C@H]5C[C@@H](OC(F)(F)F)C5)o4)(CC2)OC3)Oc2ccc(Cl)cc21. The Kier molecular flexibility index (Phi) is 5.77. The highest BCUT2D eigenvalue weighted by atomic mass is 35.5. The van der Waals surface area contributed by atoms with Gasteiger partial charge in [0.25, 0.3) is 5.91 Å². The fraction of sp³-hybridized carbons (Fsp3) is 0.583. The standard InChI is InChI=1S/C24H23ClF3N3O6/c25-13-1-2-17-15(9-13)16(32)10-18(35-17)19(33)29-22-3-5-23(6-4-22,34-11-22)21-31-30-20(36-21)12-7-14(8-12)37-24(26,27)28/h1-2,9,12,14,18H,3-8,10-11H2,(H,29,33)/t12-,14+,18?,22?,23?. The summed E-state index contributed by atoms with van der Waals surface area (Å²) in [5.74, 6) is 0.0439. The molecule has 2 aromatic rings. The topological polar surface area (TPSA) is 113 Å². The molecule has 13 heteroatoms. The summed E-state index contributed by atoms with van der Waals surface area (Å²) in [6, 6.07) is 4.72. The molecule has 1 unspecified atom stereocenters. The Labute approximate surface area is 214 Å². The van der Waals surface area contributed by atoms with Gasteiger partial charge in [0.15, 0.2) is 11.9 Å². The highest BCUT2D eigenvalue weighted by Crippen LogP contribution is 2.50. The van der Waals surface area contributed by atoms with E-state index in [4.69, 9.17) is 25.5 Å². The molecule has 0 radical (unpaired) electrons. The van der Waals surface area contributed by atoms with Crippen molar-refractivity contribution in [3.05, 3.63) is 40.6 Å². The molecule has 7 rings (SSSR count). The Morgan fingerprint density at radius 1 is 1.16 bits per heavy atom. The highest BCUT2D eigenvalue weighted by Gasteiger charge is 2.55. The van der Waals surface area contributed by atoms with Crippen molar-refractivity contribution in [1.82, 2.24) is 15.5 Å². The Balaban J connectivity index is 1.06. The molecule has 9 nitrogen and oxygen atoms in total. The summed E-state index contributed by atoms with van der Waals surface area (Å²) in [7, 11) is 0. The van der Waals surface area contributed by atoms with Crippen LogP contribution in [0.15, 0.2) is 22.6 Å². The average molecular weight is 542 g/mol. The lowest BCUT2D eigenvalue weighted by atomic mass is 9.71. The van der Waals surface area contributed by atoms with Gasteiger partial charge in [-0.3, -0.25) is 14.3 Å². The van der Waals surface area contributed by atoms with Crippen LogP contribution in [-0.2, 0) is 19.9 Å². The zero-order valence-corrected chi connectivity index (χ0v) is 20.2. The third-order valence-corrected chi connectivity index (χ3v) is 8.01. The van der Waals surface area contributed by atoms with Crippen LogP contribution in [0.2, 0.25) is 5.02 Å². The minimum absolute atomic E-state index is 0.0825. The lowest BCUT2D eigenvalue weighted by Gasteiger charge is -2.51. The Bertz CT molecular complexity index is 1220. The molecule has 4 heterocycles. The van der Waals surface area contributed by atoms with Gasteiger partial charge >= 0.3 is 6.36 Å². The smallest absolute Gasteiger partial charge is 0.479 e. The van der Waals surface area contributed by atoms with Crippen molar-refractivity contribution in [2.45, 2.75) is 80.6 Å². The van der Waals surface area contributed by atoms with E-state index in [1.54, 1.807) is 12.1 Å². The van der Waals surface area contributed by atoms with Crippen LogP contribution in [-0.4, -0.2) is 52.6 Å². The second-order valence-corrected chi connectivity index (χ2v) is 10.7. The first kappa shape index (κ1) is 24.6. The summed E-state index contributed by atoms with van der Waals surface area (Å²) in [6.45, 7) is 0.217. The molecule has 1 aromatic heterocycles. The fourth-order valence-electron chi connectivity index (χ4n) is 5.55. The van der Waals surface area contributed by atoms with Crippen LogP contribution >= 0.6 is 11.6 Å². The van der Waals surface area contributed by atoms with Gasteiger partial charge in [-0.1, -0.05) is 11.6 Å². The van der Waals surface area contributed by atoms with Gasteiger partial charge in [0.1, 0.15) is 11.4 Å². The number of hydrogen-bond acceptors (Lipinski definition) is 8. The molecule has 2 aliphatic carbocycles. The van der Waals surface area contributed by atoms with Crippen LogP contribution in [0.1, 0.15) is 73.0 Å². The number of alkyl halides is 3. The highest BCUT2D eigenvalue weighted by molar-refractivity contribution is 6.31. The molecule has 1 amide bonds. The van der Waals surface area contributed by atoms with Gasteiger partial charge in [0, 0.05) is 10.9 Å². The largest absolute Gasteiger partial charge is 0.522 e. The Hall–Kier alpha value is -2.70. The van der Waals surface area contributed by atoms with E-state index in [9.17, 15) is 22.8 Å².